The van der Waals surface area contributed by atoms with Gasteiger partial charge in [-0.05, 0) is 79.4 Å². The number of hydrogen-bond acceptors (Lipinski definition) is 5. The number of aliphatic hydroxyl groups excluding tert-OH is 1. The maximum atomic E-state index is 14.0. The van der Waals surface area contributed by atoms with Gasteiger partial charge in [0.15, 0.2) is 5.78 Å². The lowest BCUT2D eigenvalue weighted by Crippen LogP contribution is -2.57. The third kappa shape index (κ3) is 4.20. The fourth-order valence-electron chi connectivity index (χ4n) is 9.46. The van der Waals surface area contributed by atoms with Gasteiger partial charge in [0.25, 0.3) is 0 Å². The Kier molecular flexibility index (Phi) is 7.34. The topological polar surface area (TPSA) is 101 Å². The van der Waals surface area contributed by atoms with Gasteiger partial charge < -0.3 is 14.9 Å². The van der Waals surface area contributed by atoms with Gasteiger partial charge in [0.05, 0.1) is 6.10 Å². The Bertz CT molecular complexity index is 1080. The molecular weight excluding hydrogens is 480 g/mol. The zero-order valence-electron chi connectivity index (χ0n) is 24.6. The summed E-state index contributed by atoms with van der Waals surface area (Å²) in [7, 11) is 0. The molecule has 2 saturated carbocycles. The molecule has 0 spiro atoms. The number of carbonyl (C=O) groups is 3. The van der Waals surface area contributed by atoms with Crippen LogP contribution in [0.4, 0.5) is 0 Å². The van der Waals surface area contributed by atoms with Crippen LogP contribution in [0.1, 0.15) is 107 Å². The van der Waals surface area contributed by atoms with E-state index in [0.29, 0.717) is 12.8 Å². The molecule has 0 bridgehead atoms. The average Bonchev–Trinajstić information content (AvgIpc) is 3.11. The molecule has 4 aliphatic carbocycles. The molecule has 0 amide bonds. The van der Waals surface area contributed by atoms with Crippen molar-refractivity contribution < 1.29 is 29.3 Å². The SMILES string of the molecule is CC(=O)O[C@@H](CC=C(C)C(=O)O)[C@@H](C)[C@H]1CC[C@@]2(C)C3=C(CC[C@]12C)[C@@]1(C)CC[C@H](O)C(C)(C)[C@@H]1CC3=O. The lowest BCUT2D eigenvalue weighted by atomic mass is 9.43. The van der Waals surface area contributed by atoms with Crippen molar-refractivity contribution in [1.29, 1.82) is 0 Å². The molecule has 6 heteroatoms. The molecule has 212 valence electrons. The highest BCUT2D eigenvalue weighted by Crippen LogP contribution is 2.72. The van der Waals surface area contributed by atoms with Crippen LogP contribution < -0.4 is 0 Å². The van der Waals surface area contributed by atoms with E-state index in [4.69, 9.17) is 4.74 Å². The third-order valence-corrected chi connectivity index (χ3v) is 12.1. The molecule has 0 aliphatic heterocycles. The number of aliphatic hydroxyl groups is 1. The third-order valence-electron chi connectivity index (χ3n) is 12.1. The molecule has 0 aromatic carbocycles. The van der Waals surface area contributed by atoms with Crippen LogP contribution >= 0.6 is 0 Å². The largest absolute Gasteiger partial charge is 0.478 e. The standard InChI is InChI=1S/C32H48O6/c1-18(28(36)37)9-10-24(38-20(3)33)19(2)21-11-16-32(8)27-22(12-15-31(21,32)7)30(6)14-13-26(35)29(4,5)25(30)17-23(27)34/h9,19,21,24-26,35H,10-17H2,1-8H3,(H,36,37)/t19-,21+,24-,25-,26-,30+,31+,32-/m0/s1. The summed E-state index contributed by atoms with van der Waals surface area (Å²) < 4.78 is 5.78. The second kappa shape index (κ2) is 9.60. The molecule has 2 fully saturated rings. The van der Waals surface area contributed by atoms with Crippen LogP contribution in [-0.2, 0) is 19.1 Å². The first kappa shape index (κ1) is 29.0. The Hall–Kier alpha value is -1.95. The maximum Gasteiger partial charge on any atom is 0.330 e. The van der Waals surface area contributed by atoms with Crippen LogP contribution in [-0.4, -0.2) is 40.1 Å². The molecule has 6 nitrogen and oxygen atoms in total. The zero-order chi connectivity index (χ0) is 28.4. The second-order valence-corrected chi connectivity index (χ2v) is 14.2. The van der Waals surface area contributed by atoms with Gasteiger partial charge in [0.2, 0.25) is 0 Å². The lowest BCUT2D eigenvalue weighted by molar-refractivity contribution is -0.151. The van der Waals surface area contributed by atoms with Crippen LogP contribution in [0, 0.1) is 39.4 Å². The number of Topliss-reactive ketones (excluding diaryl/α,β-unsaturated/α-hetero) is 1. The van der Waals surface area contributed by atoms with Crippen molar-refractivity contribution in [1.82, 2.24) is 0 Å². The number of ether oxygens (including phenoxy) is 1. The van der Waals surface area contributed by atoms with E-state index >= 15 is 0 Å². The van der Waals surface area contributed by atoms with E-state index in [1.807, 2.05) is 0 Å². The zero-order valence-corrected chi connectivity index (χ0v) is 24.6. The van der Waals surface area contributed by atoms with E-state index < -0.39 is 12.1 Å². The molecule has 38 heavy (non-hydrogen) atoms. The number of fused-ring (bicyclic) bond motifs is 4. The fourth-order valence-corrected chi connectivity index (χ4v) is 9.46. The Balaban J connectivity index is 1.71. The highest BCUT2D eigenvalue weighted by atomic mass is 16.5. The molecule has 4 rings (SSSR count). The van der Waals surface area contributed by atoms with Crippen LogP contribution in [0.15, 0.2) is 22.8 Å². The van der Waals surface area contributed by atoms with Crippen molar-refractivity contribution in [3.05, 3.63) is 22.8 Å². The van der Waals surface area contributed by atoms with Crippen molar-refractivity contribution in [3.63, 3.8) is 0 Å². The van der Waals surface area contributed by atoms with Gasteiger partial charge in [-0.1, -0.05) is 53.2 Å². The van der Waals surface area contributed by atoms with Crippen LogP contribution in [0.3, 0.4) is 0 Å². The summed E-state index contributed by atoms with van der Waals surface area (Å²) in [5, 5.41) is 20.1. The summed E-state index contributed by atoms with van der Waals surface area (Å²) in [6.45, 7) is 16.4. The van der Waals surface area contributed by atoms with Crippen LogP contribution in [0.5, 0.6) is 0 Å². The number of carbonyl (C=O) groups excluding carboxylic acids is 2. The van der Waals surface area contributed by atoms with Crippen LogP contribution in [0.2, 0.25) is 0 Å². The molecule has 0 aromatic rings. The molecule has 8 atom stereocenters. The number of allylic oxidation sites excluding steroid dienone is 2. The number of ketones is 1. The lowest BCUT2D eigenvalue weighted by Gasteiger charge is -2.61. The van der Waals surface area contributed by atoms with Gasteiger partial charge in [-0.2, -0.15) is 0 Å². The minimum Gasteiger partial charge on any atom is -0.478 e. The number of esters is 1. The van der Waals surface area contributed by atoms with E-state index in [1.165, 1.54) is 12.5 Å². The van der Waals surface area contributed by atoms with E-state index in [2.05, 4.69) is 41.5 Å². The van der Waals surface area contributed by atoms with Crippen LogP contribution in [0.25, 0.3) is 0 Å². The van der Waals surface area contributed by atoms with Gasteiger partial charge in [-0.3, -0.25) is 9.59 Å². The summed E-state index contributed by atoms with van der Waals surface area (Å²) >= 11 is 0. The summed E-state index contributed by atoms with van der Waals surface area (Å²) in [5.74, 6) is -0.641. The van der Waals surface area contributed by atoms with Gasteiger partial charge in [0, 0.05) is 36.3 Å². The van der Waals surface area contributed by atoms with Crippen molar-refractivity contribution in [3.8, 4) is 0 Å². The Labute approximate surface area is 228 Å². The summed E-state index contributed by atoms with van der Waals surface area (Å²) in [4.78, 5) is 37.4. The molecule has 0 unspecified atom stereocenters. The first-order valence-electron chi connectivity index (χ1n) is 14.5. The predicted molar refractivity (Wildman–Crippen MR) is 146 cm³/mol. The molecular formula is C32H48O6. The van der Waals surface area contributed by atoms with Gasteiger partial charge in [-0.25, -0.2) is 4.79 Å². The quantitative estimate of drug-likeness (QED) is 0.311. The Morgan fingerprint density at radius 3 is 2.34 bits per heavy atom. The highest BCUT2D eigenvalue weighted by Gasteiger charge is 2.65. The monoisotopic (exact) mass is 528 g/mol. The second-order valence-electron chi connectivity index (χ2n) is 14.2. The van der Waals surface area contributed by atoms with Gasteiger partial charge >= 0.3 is 11.9 Å². The fraction of sp³-hybridized carbons (Fsp3) is 0.781. The van der Waals surface area contributed by atoms with Gasteiger partial charge in [-0.15, -0.1) is 0 Å². The van der Waals surface area contributed by atoms with Crippen molar-refractivity contribution in [2.75, 3.05) is 0 Å². The highest BCUT2D eigenvalue weighted by molar-refractivity contribution is 5.99. The minimum absolute atomic E-state index is 0.0245. The Morgan fingerprint density at radius 1 is 1.08 bits per heavy atom. The molecule has 2 N–H and O–H groups in total. The van der Waals surface area contributed by atoms with E-state index in [0.717, 1.165) is 44.1 Å². The van der Waals surface area contributed by atoms with E-state index in [9.17, 15) is 24.6 Å². The summed E-state index contributed by atoms with van der Waals surface area (Å²) in [6.07, 6.45) is 7.17. The average molecular weight is 529 g/mol. The molecule has 0 aromatic heterocycles. The van der Waals surface area contributed by atoms with E-state index in [1.54, 1.807) is 13.0 Å². The van der Waals surface area contributed by atoms with E-state index in [-0.39, 0.29) is 62.8 Å². The Morgan fingerprint density at radius 2 is 1.74 bits per heavy atom. The minimum atomic E-state index is -0.965. The summed E-state index contributed by atoms with van der Waals surface area (Å²) in [6, 6.07) is 0. The van der Waals surface area contributed by atoms with Crippen molar-refractivity contribution >= 4 is 17.7 Å². The molecule has 0 saturated heterocycles. The maximum absolute atomic E-state index is 14.0. The smallest absolute Gasteiger partial charge is 0.330 e. The van der Waals surface area contributed by atoms with Crippen molar-refractivity contribution in [2.45, 2.75) is 119 Å². The normalized spacial score (nSPS) is 40.1. The predicted octanol–water partition coefficient (Wildman–Crippen LogP) is 6.26. The molecule has 0 heterocycles. The number of carboxylic acids is 1. The first-order valence-corrected chi connectivity index (χ1v) is 14.5. The first-order chi connectivity index (χ1) is 17.5. The molecule has 4 aliphatic rings. The van der Waals surface area contributed by atoms with Gasteiger partial charge in [0.1, 0.15) is 6.10 Å². The molecule has 0 radical (unpaired) electrons. The summed E-state index contributed by atoms with van der Waals surface area (Å²) in [5.41, 5.74) is 1.92. The van der Waals surface area contributed by atoms with Crippen molar-refractivity contribution in [2.24, 2.45) is 39.4 Å². The number of hydrogen-bond donors (Lipinski definition) is 2. The number of carboxylic acid groups (broad SMARTS) is 1. The number of rotatable bonds is 6. The number of aliphatic carboxylic acids is 1.